The van der Waals surface area contributed by atoms with Crippen molar-refractivity contribution in [1.82, 2.24) is 20.2 Å². The van der Waals surface area contributed by atoms with Crippen LogP contribution in [0.15, 0.2) is 5.17 Å². The van der Waals surface area contributed by atoms with Crippen molar-refractivity contribution in [2.45, 2.75) is 26.3 Å². The first-order chi connectivity index (χ1) is 6.52. The number of allylic oxidation sites excluding steroid dienone is 1. The van der Waals surface area contributed by atoms with Gasteiger partial charge in [-0.3, -0.25) is 0 Å². The maximum absolute atomic E-state index is 4.00. The van der Waals surface area contributed by atoms with Crippen LogP contribution in [0.4, 0.5) is 0 Å². The molecule has 0 bridgehead atoms. The number of halogens is 3. The van der Waals surface area contributed by atoms with E-state index in [1.54, 1.807) is 0 Å². The second-order valence-corrected chi connectivity index (χ2v) is 8.54. The molecule has 1 rings (SSSR count). The van der Waals surface area contributed by atoms with Crippen LogP contribution in [0.3, 0.4) is 0 Å². The normalized spacial score (nSPS) is 10.7. The first-order valence-corrected chi connectivity index (χ1v) is 7.21. The Morgan fingerprint density at radius 1 is 1.36 bits per heavy atom. The summed E-state index contributed by atoms with van der Waals surface area (Å²) in [7, 11) is 0. The molecule has 0 saturated carbocycles. The summed E-state index contributed by atoms with van der Waals surface area (Å²) in [4.78, 5) is 0. The van der Waals surface area contributed by atoms with Gasteiger partial charge in [-0.2, -0.15) is 0 Å². The molecule has 0 fully saturated rings. The fourth-order valence-electron chi connectivity index (χ4n) is 0.929. The molecule has 0 aliphatic rings. The van der Waals surface area contributed by atoms with Gasteiger partial charge in [0.2, 0.25) is 0 Å². The first kappa shape index (κ1) is 13.1. The molecule has 0 unspecified atom stereocenters. The minimum Gasteiger partial charge on any atom is -0.224 e. The van der Waals surface area contributed by atoms with Crippen LogP contribution in [0, 0.1) is 0 Å². The Bertz CT molecular complexity index is 340. The second kappa shape index (κ2) is 5.92. The molecular formula is C7H9I3N4. The van der Waals surface area contributed by atoms with Gasteiger partial charge in [0, 0.05) is 9.50 Å². The molecule has 0 spiro atoms. The monoisotopic (exact) mass is 530 g/mol. The van der Waals surface area contributed by atoms with Crippen LogP contribution in [0.1, 0.15) is 25.6 Å². The Morgan fingerprint density at radius 3 is 2.50 bits per heavy atom. The van der Waals surface area contributed by atoms with Crippen molar-refractivity contribution in [1.29, 1.82) is 0 Å². The number of rotatable bonds is 3. The standard InChI is InChI=1S/C7H9I3N4/c1-4(2)7-11-12-13-14(7)3-5(8)6(9)10/h4H,3H2,1-2H3. The summed E-state index contributed by atoms with van der Waals surface area (Å²) in [5.41, 5.74) is 0. The van der Waals surface area contributed by atoms with Gasteiger partial charge in [-0.25, -0.2) is 4.68 Å². The zero-order valence-corrected chi connectivity index (χ0v) is 14.2. The lowest BCUT2D eigenvalue weighted by Crippen LogP contribution is -2.07. The highest BCUT2D eigenvalue weighted by molar-refractivity contribution is 14.2. The summed E-state index contributed by atoms with van der Waals surface area (Å²) >= 11 is 6.92. The van der Waals surface area contributed by atoms with Gasteiger partial charge in [-0.1, -0.05) is 13.8 Å². The van der Waals surface area contributed by atoms with E-state index in [1.807, 2.05) is 4.68 Å². The van der Waals surface area contributed by atoms with Crippen molar-refractivity contribution in [3.63, 3.8) is 0 Å². The molecule has 0 amide bonds. The first-order valence-electron chi connectivity index (χ1n) is 3.98. The van der Waals surface area contributed by atoms with Crippen molar-refractivity contribution >= 4 is 67.8 Å². The van der Waals surface area contributed by atoms with Crippen LogP contribution in [0.5, 0.6) is 0 Å². The second-order valence-electron chi connectivity index (χ2n) is 3.01. The molecule has 14 heavy (non-hydrogen) atoms. The van der Waals surface area contributed by atoms with Gasteiger partial charge < -0.3 is 0 Å². The molecular weight excluding hydrogens is 521 g/mol. The zero-order valence-electron chi connectivity index (χ0n) is 7.71. The summed E-state index contributed by atoms with van der Waals surface area (Å²) in [5.74, 6) is 1.30. The number of hydrogen-bond donors (Lipinski definition) is 0. The van der Waals surface area contributed by atoms with Gasteiger partial charge in [-0.15, -0.1) is 5.10 Å². The predicted octanol–water partition coefficient (Wildman–Crippen LogP) is 3.27. The minimum atomic E-state index is 0.362. The van der Waals surface area contributed by atoms with Crippen LogP contribution in [-0.4, -0.2) is 20.2 Å². The lowest BCUT2D eigenvalue weighted by molar-refractivity contribution is 0.603. The van der Waals surface area contributed by atoms with Crippen LogP contribution in [0.2, 0.25) is 0 Å². The molecule has 1 aromatic heterocycles. The maximum atomic E-state index is 4.00. The molecule has 0 aliphatic carbocycles. The third kappa shape index (κ3) is 3.54. The lowest BCUT2D eigenvalue weighted by Gasteiger charge is -2.06. The summed E-state index contributed by atoms with van der Waals surface area (Å²) in [6.07, 6.45) is 0. The Morgan fingerprint density at radius 2 is 2.00 bits per heavy atom. The highest BCUT2D eigenvalue weighted by Crippen LogP contribution is 2.26. The molecule has 0 N–H and O–H groups in total. The number of aromatic nitrogens is 4. The summed E-state index contributed by atoms with van der Waals surface area (Å²) in [6, 6.07) is 0. The fourth-order valence-corrected chi connectivity index (χ4v) is 1.59. The van der Waals surface area contributed by atoms with Crippen LogP contribution in [-0.2, 0) is 6.54 Å². The minimum absolute atomic E-state index is 0.362. The van der Waals surface area contributed by atoms with Gasteiger partial charge in [0.1, 0.15) is 0 Å². The summed E-state index contributed by atoms with van der Waals surface area (Å²) in [5, 5.41) is 11.7. The summed E-state index contributed by atoms with van der Waals surface area (Å²) in [6.45, 7) is 4.95. The summed E-state index contributed by atoms with van der Waals surface area (Å²) < 4.78 is 4.37. The quantitative estimate of drug-likeness (QED) is 0.565. The van der Waals surface area contributed by atoms with E-state index in [2.05, 4.69) is 97.1 Å². The number of tetrazole rings is 1. The van der Waals surface area contributed by atoms with Crippen molar-refractivity contribution < 1.29 is 0 Å². The van der Waals surface area contributed by atoms with E-state index in [1.165, 1.54) is 5.17 Å². The van der Waals surface area contributed by atoms with Crippen LogP contribution >= 0.6 is 67.8 Å². The third-order valence-electron chi connectivity index (χ3n) is 1.57. The van der Waals surface area contributed by atoms with Crippen LogP contribution < -0.4 is 0 Å². The topological polar surface area (TPSA) is 43.6 Å². The Kier molecular flexibility index (Phi) is 5.52. The lowest BCUT2D eigenvalue weighted by atomic mass is 10.2. The molecule has 0 atom stereocenters. The van der Waals surface area contributed by atoms with E-state index in [-0.39, 0.29) is 0 Å². The van der Waals surface area contributed by atoms with E-state index in [9.17, 15) is 0 Å². The van der Waals surface area contributed by atoms with E-state index in [0.29, 0.717) is 5.92 Å². The zero-order chi connectivity index (χ0) is 10.7. The number of nitrogens with zero attached hydrogens (tertiary/aromatic N) is 4. The Balaban J connectivity index is 2.87. The molecule has 7 heteroatoms. The smallest absolute Gasteiger partial charge is 0.154 e. The molecule has 1 aromatic rings. The van der Waals surface area contributed by atoms with Crippen molar-refractivity contribution in [3.05, 3.63) is 11.0 Å². The van der Waals surface area contributed by atoms with Crippen LogP contribution in [0.25, 0.3) is 0 Å². The number of hydrogen-bond acceptors (Lipinski definition) is 3. The highest BCUT2D eigenvalue weighted by atomic mass is 127. The van der Waals surface area contributed by atoms with Gasteiger partial charge in [0.05, 0.1) is 8.13 Å². The fraction of sp³-hybridized carbons (Fsp3) is 0.571. The van der Waals surface area contributed by atoms with Gasteiger partial charge in [0.25, 0.3) is 0 Å². The van der Waals surface area contributed by atoms with Crippen molar-refractivity contribution in [2.75, 3.05) is 0 Å². The Hall–Kier alpha value is 1.000. The molecule has 4 nitrogen and oxygen atoms in total. The molecule has 0 aliphatic heterocycles. The Labute approximate surface area is 124 Å². The average molecular weight is 530 g/mol. The molecule has 0 radical (unpaired) electrons. The molecule has 0 aromatic carbocycles. The average Bonchev–Trinajstić information content (AvgIpc) is 2.52. The van der Waals surface area contributed by atoms with Gasteiger partial charge in [0.15, 0.2) is 5.82 Å². The predicted molar refractivity (Wildman–Crippen MR) is 81.0 cm³/mol. The van der Waals surface area contributed by atoms with E-state index < -0.39 is 0 Å². The van der Waals surface area contributed by atoms with Gasteiger partial charge >= 0.3 is 0 Å². The SMILES string of the molecule is CC(C)c1nnnn1CC(I)=C(I)I. The highest BCUT2D eigenvalue weighted by Gasteiger charge is 2.11. The molecule has 0 saturated heterocycles. The molecule has 78 valence electrons. The van der Waals surface area contributed by atoms with E-state index >= 15 is 0 Å². The van der Waals surface area contributed by atoms with Crippen molar-refractivity contribution in [3.8, 4) is 0 Å². The van der Waals surface area contributed by atoms with Gasteiger partial charge in [-0.05, 0) is 78.2 Å². The largest absolute Gasteiger partial charge is 0.224 e. The third-order valence-corrected chi connectivity index (χ3v) is 5.82. The van der Waals surface area contributed by atoms with Crippen molar-refractivity contribution in [2.24, 2.45) is 0 Å². The van der Waals surface area contributed by atoms with E-state index in [4.69, 9.17) is 0 Å². The molecule has 1 heterocycles. The maximum Gasteiger partial charge on any atom is 0.154 e. The van der Waals surface area contributed by atoms with E-state index in [0.717, 1.165) is 12.4 Å².